The first-order valence-corrected chi connectivity index (χ1v) is 7.11. The van der Waals surface area contributed by atoms with Crippen molar-refractivity contribution in [2.24, 2.45) is 0 Å². The number of pyridine rings is 1. The van der Waals surface area contributed by atoms with E-state index in [2.05, 4.69) is 20.3 Å². The highest BCUT2D eigenvalue weighted by Gasteiger charge is 2.13. The van der Waals surface area contributed by atoms with Gasteiger partial charge in [-0.3, -0.25) is 14.9 Å². The summed E-state index contributed by atoms with van der Waals surface area (Å²) in [6, 6.07) is 7.70. The average Bonchev–Trinajstić information content (AvgIpc) is 3.05. The van der Waals surface area contributed by atoms with Crippen molar-refractivity contribution in [3.63, 3.8) is 0 Å². The Morgan fingerprint density at radius 1 is 1.19 bits per heavy atom. The van der Waals surface area contributed by atoms with Crippen LogP contribution in [-0.2, 0) is 6.54 Å². The lowest BCUT2D eigenvalue weighted by molar-refractivity contribution is -0.385. The predicted molar refractivity (Wildman–Crippen MR) is 82.2 cm³/mol. The molecule has 26 heavy (non-hydrogen) atoms. The van der Waals surface area contributed by atoms with Crippen LogP contribution in [0.25, 0.3) is 5.69 Å². The molecule has 0 amide bonds. The molecule has 134 valence electrons. The minimum Gasteiger partial charge on any atom is -0.435 e. The molecule has 0 fully saturated rings. The van der Waals surface area contributed by atoms with Crippen molar-refractivity contribution in [3.8, 4) is 11.4 Å². The summed E-state index contributed by atoms with van der Waals surface area (Å²) < 4.78 is 31.0. The first kappa shape index (κ1) is 17.1. The number of hydrogen-bond donors (Lipinski definition) is 0. The molecule has 0 aliphatic carbocycles. The van der Waals surface area contributed by atoms with Gasteiger partial charge in [-0.05, 0) is 34.7 Å². The fraction of sp³-hybridized carbons (Fsp3) is 0.143. The number of alkyl halides is 2. The number of hydrogen-bond acceptors (Lipinski definition) is 7. The van der Waals surface area contributed by atoms with E-state index in [1.807, 2.05) is 0 Å². The molecule has 0 radical (unpaired) electrons. The molecule has 3 rings (SSSR count). The van der Waals surface area contributed by atoms with E-state index in [0.717, 1.165) is 22.9 Å². The van der Waals surface area contributed by atoms with Crippen LogP contribution in [0, 0.1) is 10.1 Å². The smallest absolute Gasteiger partial charge is 0.387 e. The van der Waals surface area contributed by atoms with Gasteiger partial charge in [-0.2, -0.15) is 13.5 Å². The van der Waals surface area contributed by atoms with Gasteiger partial charge in [0.2, 0.25) is 0 Å². The van der Waals surface area contributed by atoms with Gasteiger partial charge in [-0.15, -0.1) is 5.10 Å². The van der Waals surface area contributed by atoms with Crippen molar-refractivity contribution in [2.45, 2.75) is 13.2 Å². The molecule has 0 N–H and O–H groups in total. The van der Waals surface area contributed by atoms with Crippen LogP contribution >= 0.6 is 0 Å². The lowest BCUT2D eigenvalue weighted by atomic mass is 10.3. The highest BCUT2D eigenvalue weighted by atomic mass is 19.3. The summed E-state index contributed by atoms with van der Waals surface area (Å²) in [6.45, 7) is -3.06. The van der Waals surface area contributed by atoms with E-state index < -0.39 is 17.1 Å². The Morgan fingerprint density at radius 2 is 1.92 bits per heavy atom. The van der Waals surface area contributed by atoms with Crippen molar-refractivity contribution in [3.05, 3.63) is 68.9 Å². The van der Waals surface area contributed by atoms with Crippen LogP contribution in [0.1, 0.15) is 5.82 Å². The highest BCUT2D eigenvalue weighted by Crippen LogP contribution is 2.17. The monoisotopic (exact) mass is 364 g/mol. The second-order valence-corrected chi connectivity index (χ2v) is 4.99. The van der Waals surface area contributed by atoms with E-state index >= 15 is 0 Å². The number of benzene rings is 1. The highest BCUT2D eigenvalue weighted by molar-refractivity contribution is 5.37. The molecular weight excluding hydrogens is 354 g/mol. The molecule has 0 aliphatic rings. The van der Waals surface area contributed by atoms with Gasteiger partial charge in [-0.1, -0.05) is 0 Å². The second kappa shape index (κ2) is 7.04. The number of aromatic nitrogens is 5. The number of rotatable bonds is 6. The van der Waals surface area contributed by atoms with Gasteiger partial charge in [0.25, 0.3) is 11.2 Å². The van der Waals surface area contributed by atoms with Crippen molar-refractivity contribution in [2.75, 3.05) is 0 Å². The minimum atomic E-state index is -2.94. The summed E-state index contributed by atoms with van der Waals surface area (Å²) in [5.41, 5.74) is -0.284. The molecule has 0 bridgehead atoms. The quantitative estimate of drug-likeness (QED) is 0.479. The van der Waals surface area contributed by atoms with Gasteiger partial charge in [0.1, 0.15) is 5.75 Å². The zero-order valence-electron chi connectivity index (χ0n) is 12.9. The first-order chi connectivity index (χ1) is 12.4. The third-order valence-electron chi connectivity index (χ3n) is 3.33. The van der Waals surface area contributed by atoms with Gasteiger partial charge < -0.3 is 9.30 Å². The van der Waals surface area contributed by atoms with Gasteiger partial charge in [0.05, 0.1) is 23.4 Å². The van der Waals surface area contributed by atoms with E-state index in [1.54, 1.807) is 0 Å². The fourth-order valence-corrected chi connectivity index (χ4v) is 2.18. The normalized spacial score (nSPS) is 10.9. The lowest BCUT2D eigenvalue weighted by Crippen LogP contribution is -2.21. The van der Waals surface area contributed by atoms with E-state index in [4.69, 9.17) is 0 Å². The Balaban J connectivity index is 1.89. The van der Waals surface area contributed by atoms with Crippen LogP contribution in [-0.4, -0.2) is 36.3 Å². The Labute approximate surface area is 143 Å². The van der Waals surface area contributed by atoms with Gasteiger partial charge in [-0.25, -0.2) is 0 Å². The topological polar surface area (TPSA) is 118 Å². The van der Waals surface area contributed by atoms with Crippen LogP contribution in [0.4, 0.5) is 14.5 Å². The zero-order valence-corrected chi connectivity index (χ0v) is 12.9. The van der Waals surface area contributed by atoms with Crippen molar-refractivity contribution >= 4 is 5.69 Å². The molecule has 0 saturated heterocycles. The molecular formula is C14H10F2N6O4. The Bertz CT molecular complexity index is 986. The molecule has 3 aromatic rings. The molecule has 0 atom stereocenters. The zero-order chi connectivity index (χ0) is 18.7. The largest absolute Gasteiger partial charge is 0.435 e. The molecule has 0 saturated carbocycles. The molecule has 0 spiro atoms. The predicted octanol–water partition coefficient (Wildman–Crippen LogP) is 1.38. The number of nitro groups is 1. The van der Waals surface area contributed by atoms with Crippen LogP contribution in [0.2, 0.25) is 0 Å². The summed E-state index contributed by atoms with van der Waals surface area (Å²) in [4.78, 5) is 22.1. The van der Waals surface area contributed by atoms with Gasteiger partial charge >= 0.3 is 6.61 Å². The number of halogens is 2. The number of tetrazole rings is 1. The van der Waals surface area contributed by atoms with Crippen LogP contribution in [0.3, 0.4) is 0 Å². The molecule has 0 unspecified atom stereocenters. The third kappa shape index (κ3) is 3.68. The maximum atomic E-state index is 12.2. The first-order valence-electron chi connectivity index (χ1n) is 7.11. The summed E-state index contributed by atoms with van der Waals surface area (Å²) >= 11 is 0. The second-order valence-electron chi connectivity index (χ2n) is 4.99. The SMILES string of the molecule is O=c1ccc([N+](=O)[O-])cn1Cc1nnnn1-c1ccc(OC(F)F)cc1. The summed E-state index contributed by atoms with van der Waals surface area (Å²) in [5.74, 6) is 0.184. The summed E-state index contributed by atoms with van der Waals surface area (Å²) in [5, 5.41) is 21.9. The number of nitrogens with zero attached hydrogens (tertiary/aromatic N) is 6. The van der Waals surface area contributed by atoms with E-state index in [9.17, 15) is 23.7 Å². The van der Waals surface area contributed by atoms with E-state index in [0.29, 0.717) is 5.69 Å². The third-order valence-corrected chi connectivity index (χ3v) is 3.33. The fourth-order valence-electron chi connectivity index (χ4n) is 2.18. The maximum Gasteiger partial charge on any atom is 0.387 e. The standard InChI is InChI=1S/C14H10F2N6O4/c15-14(16)26-11-4-1-9(2-5-11)21-12(17-18-19-21)8-20-7-10(22(24)25)3-6-13(20)23/h1-7,14H,8H2. The van der Waals surface area contributed by atoms with Crippen LogP contribution in [0.5, 0.6) is 5.75 Å². The molecule has 12 heteroatoms. The molecule has 10 nitrogen and oxygen atoms in total. The molecule has 0 aliphatic heterocycles. The Morgan fingerprint density at radius 3 is 2.58 bits per heavy atom. The van der Waals surface area contributed by atoms with Crippen molar-refractivity contribution < 1.29 is 18.4 Å². The van der Waals surface area contributed by atoms with Crippen LogP contribution in [0.15, 0.2) is 47.4 Å². The van der Waals surface area contributed by atoms with Crippen molar-refractivity contribution in [1.82, 2.24) is 24.8 Å². The minimum absolute atomic E-state index is 0.0340. The molecule has 1 aromatic carbocycles. The van der Waals surface area contributed by atoms with Crippen LogP contribution < -0.4 is 10.3 Å². The average molecular weight is 364 g/mol. The van der Waals surface area contributed by atoms with E-state index in [-0.39, 0.29) is 23.8 Å². The molecule has 2 heterocycles. The lowest BCUT2D eigenvalue weighted by Gasteiger charge is -2.08. The Kier molecular flexibility index (Phi) is 4.64. The Hall–Kier alpha value is -3.70. The maximum absolute atomic E-state index is 12.2. The van der Waals surface area contributed by atoms with Crippen molar-refractivity contribution in [1.29, 1.82) is 0 Å². The van der Waals surface area contributed by atoms with Gasteiger partial charge in [0.15, 0.2) is 5.82 Å². The van der Waals surface area contributed by atoms with E-state index in [1.165, 1.54) is 28.9 Å². The summed E-state index contributed by atoms with van der Waals surface area (Å²) in [7, 11) is 0. The summed E-state index contributed by atoms with van der Waals surface area (Å²) in [6.07, 6.45) is 1.08. The molecule has 2 aromatic heterocycles. The number of ether oxygens (including phenoxy) is 1. The van der Waals surface area contributed by atoms with Gasteiger partial charge in [0, 0.05) is 12.1 Å².